The highest BCUT2D eigenvalue weighted by Gasteiger charge is 2.49. The molecule has 5 atom stereocenters. The Morgan fingerprint density at radius 1 is 1.17 bits per heavy atom. The number of hydrogen-bond donors (Lipinski definition) is 2. The second-order valence-electron chi connectivity index (χ2n) is 7.85. The smallest absolute Gasteiger partial charge is 0.225 e. The van der Waals surface area contributed by atoms with Crippen molar-refractivity contribution in [2.24, 2.45) is 23.5 Å². The first-order valence-electron chi connectivity index (χ1n) is 9.56. The Morgan fingerprint density at radius 2 is 1.88 bits per heavy atom. The number of likely N-dealkylation sites (tertiary alicyclic amines) is 1. The lowest BCUT2D eigenvalue weighted by Gasteiger charge is -2.31. The Hall–Kier alpha value is -1.39. The zero-order valence-corrected chi connectivity index (χ0v) is 14.4. The number of nitrogens with zero attached hydrogens (tertiary/aromatic N) is 1. The van der Waals surface area contributed by atoms with E-state index in [2.05, 4.69) is 40.5 Å². The minimum atomic E-state index is 0.0405. The van der Waals surface area contributed by atoms with Gasteiger partial charge in [-0.25, -0.2) is 0 Å². The zero-order valence-electron chi connectivity index (χ0n) is 14.4. The van der Waals surface area contributed by atoms with Gasteiger partial charge >= 0.3 is 0 Å². The molecule has 1 aromatic rings. The van der Waals surface area contributed by atoms with Crippen molar-refractivity contribution in [3.63, 3.8) is 0 Å². The summed E-state index contributed by atoms with van der Waals surface area (Å²) < 4.78 is 0. The van der Waals surface area contributed by atoms with Crippen LogP contribution in [0.5, 0.6) is 0 Å². The maximum absolute atomic E-state index is 12.8. The van der Waals surface area contributed by atoms with Gasteiger partial charge in [0.15, 0.2) is 0 Å². The van der Waals surface area contributed by atoms with Gasteiger partial charge in [0.2, 0.25) is 5.91 Å². The van der Waals surface area contributed by atoms with Crippen LogP contribution in [0.2, 0.25) is 0 Å². The largest absolute Gasteiger partial charge is 0.354 e. The molecule has 3 N–H and O–H groups in total. The Bertz CT molecular complexity index is 568. The van der Waals surface area contributed by atoms with E-state index in [0.717, 1.165) is 19.5 Å². The van der Waals surface area contributed by atoms with E-state index < -0.39 is 0 Å². The molecule has 0 spiro atoms. The van der Waals surface area contributed by atoms with Gasteiger partial charge in [0, 0.05) is 12.6 Å². The van der Waals surface area contributed by atoms with Crippen molar-refractivity contribution in [1.82, 2.24) is 10.2 Å². The topological polar surface area (TPSA) is 58.4 Å². The average molecular weight is 327 g/mol. The quantitative estimate of drug-likeness (QED) is 0.872. The van der Waals surface area contributed by atoms with Crippen LogP contribution in [0.3, 0.4) is 0 Å². The lowest BCUT2D eigenvalue weighted by atomic mass is 9.84. The molecule has 4 nitrogen and oxygen atoms in total. The summed E-state index contributed by atoms with van der Waals surface area (Å²) in [6.07, 6.45) is 6.08. The van der Waals surface area contributed by atoms with E-state index in [0.29, 0.717) is 18.4 Å². The number of rotatable bonds is 5. The Morgan fingerprint density at radius 3 is 2.54 bits per heavy atom. The van der Waals surface area contributed by atoms with E-state index >= 15 is 0 Å². The van der Waals surface area contributed by atoms with E-state index in [9.17, 15) is 4.79 Å². The molecule has 0 aromatic heterocycles. The molecule has 1 aromatic carbocycles. The molecule has 4 heteroatoms. The Labute approximate surface area is 144 Å². The fourth-order valence-electron chi connectivity index (χ4n) is 5.23. The van der Waals surface area contributed by atoms with Gasteiger partial charge in [-0.05, 0) is 62.6 Å². The van der Waals surface area contributed by atoms with Crippen LogP contribution < -0.4 is 11.1 Å². The molecule has 3 fully saturated rings. The predicted molar refractivity (Wildman–Crippen MR) is 95.3 cm³/mol. The summed E-state index contributed by atoms with van der Waals surface area (Å²) in [6, 6.07) is 10.9. The average Bonchev–Trinajstić information content (AvgIpc) is 3.33. The molecule has 130 valence electrons. The molecular formula is C20H29N3O. The summed E-state index contributed by atoms with van der Waals surface area (Å²) in [7, 11) is 0. The molecule has 2 saturated carbocycles. The molecule has 2 bridgehead atoms. The standard InChI is InChI=1S/C20H29N3O/c21-19-16-9-8-15(12-16)18(19)20(24)22-13-17(23-10-4-5-11-23)14-6-2-1-3-7-14/h1-3,6-7,15-19H,4-5,8-13,21H2,(H,22,24). The van der Waals surface area contributed by atoms with Gasteiger partial charge in [-0.2, -0.15) is 0 Å². The third kappa shape index (κ3) is 2.98. The summed E-state index contributed by atoms with van der Waals surface area (Å²) in [4.78, 5) is 15.3. The van der Waals surface area contributed by atoms with Crippen molar-refractivity contribution in [2.75, 3.05) is 19.6 Å². The molecule has 1 heterocycles. The lowest BCUT2D eigenvalue weighted by Crippen LogP contribution is -2.47. The summed E-state index contributed by atoms with van der Waals surface area (Å²) >= 11 is 0. The van der Waals surface area contributed by atoms with Gasteiger partial charge in [0.25, 0.3) is 0 Å². The fraction of sp³-hybridized carbons (Fsp3) is 0.650. The third-order valence-corrected chi connectivity index (χ3v) is 6.52. The van der Waals surface area contributed by atoms with Crippen molar-refractivity contribution < 1.29 is 4.79 Å². The highest BCUT2D eigenvalue weighted by Crippen LogP contribution is 2.47. The summed E-state index contributed by atoms with van der Waals surface area (Å²) in [5.74, 6) is 1.33. The monoisotopic (exact) mass is 327 g/mol. The maximum atomic E-state index is 12.8. The number of carbonyl (C=O) groups excluding carboxylic acids is 1. The Kier molecular flexibility index (Phi) is 4.59. The highest BCUT2D eigenvalue weighted by molar-refractivity contribution is 5.80. The van der Waals surface area contributed by atoms with Gasteiger partial charge in [-0.1, -0.05) is 30.3 Å². The first-order valence-corrected chi connectivity index (χ1v) is 9.56. The molecule has 24 heavy (non-hydrogen) atoms. The first-order chi connectivity index (χ1) is 11.7. The number of amides is 1. The minimum Gasteiger partial charge on any atom is -0.354 e. The number of nitrogens with one attached hydrogen (secondary N) is 1. The fourth-order valence-corrected chi connectivity index (χ4v) is 5.23. The molecular weight excluding hydrogens is 298 g/mol. The number of hydrogen-bond acceptors (Lipinski definition) is 3. The molecule has 1 saturated heterocycles. The molecule has 4 rings (SSSR count). The zero-order chi connectivity index (χ0) is 16.5. The van der Waals surface area contributed by atoms with Crippen LogP contribution in [0.15, 0.2) is 30.3 Å². The van der Waals surface area contributed by atoms with Crippen molar-refractivity contribution in [3.05, 3.63) is 35.9 Å². The van der Waals surface area contributed by atoms with Crippen molar-refractivity contribution in [1.29, 1.82) is 0 Å². The number of benzene rings is 1. The van der Waals surface area contributed by atoms with Gasteiger partial charge in [0.05, 0.1) is 12.0 Å². The van der Waals surface area contributed by atoms with Gasteiger partial charge in [-0.15, -0.1) is 0 Å². The summed E-state index contributed by atoms with van der Waals surface area (Å²) in [5, 5.41) is 3.25. The van der Waals surface area contributed by atoms with Crippen LogP contribution in [0.25, 0.3) is 0 Å². The van der Waals surface area contributed by atoms with E-state index in [4.69, 9.17) is 5.73 Å². The van der Waals surface area contributed by atoms with E-state index in [1.54, 1.807) is 0 Å². The minimum absolute atomic E-state index is 0.0405. The molecule has 0 radical (unpaired) electrons. The second-order valence-corrected chi connectivity index (χ2v) is 7.85. The van der Waals surface area contributed by atoms with E-state index in [1.807, 2.05) is 0 Å². The second kappa shape index (κ2) is 6.85. The third-order valence-electron chi connectivity index (χ3n) is 6.52. The van der Waals surface area contributed by atoms with Gasteiger partial charge in [-0.3, -0.25) is 9.69 Å². The number of nitrogens with two attached hydrogens (primary N) is 1. The van der Waals surface area contributed by atoms with E-state index in [-0.39, 0.29) is 23.9 Å². The van der Waals surface area contributed by atoms with Crippen molar-refractivity contribution in [2.45, 2.75) is 44.2 Å². The van der Waals surface area contributed by atoms with Crippen LogP contribution in [0, 0.1) is 17.8 Å². The van der Waals surface area contributed by atoms with Gasteiger partial charge < -0.3 is 11.1 Å². The summed E-state index contributed by atoms with van der Waals surface area (Å²) in [6.45, 7) is 2.95. The number of fused-ring (bicyclic) bond motifs is 2. The van der Waals surface area contributed by atoms with Crippen LogP contribution in [0.1, 0.15) is 43.7 Å². The van der Waals surface area contributed by atoms with Crippen molar-refractivity contribution >= 4 is 5.91 Å². The first kappa shape index (κ1) is 16.1. The normalized spacial score (nSPS) is 33.7. The maximum Gasteiger partial charge on any atom is 0.225 e. The van der Waals surface area contributed by atoms with Gasteiger partial charge in [0.1, 0.15) is 0 Å². The molecule has 3 aliphatic rings. The van der Waals surface area contributed by atoms with E-state index in [1.165, 1.54) is 31.2 Å². The molecule has 1 amide bonds. The Balaban J connectivity index is 1.42. The van der Waals surface area contributed by atoms with Crippen molar-refractivity contribution in [3.8, 4) is 0 Å². The summed E-state index contributed by atoms with van der Waals surface area (Å²) in [5.41, 5.74) is 7.64. The van der Waals surface area contributed by atoms with Crippen LogP contribution in [-0.2, 0) is 4.79 Å². The molecule has 5 unspecified atom stereocenters. The SMILES string of the molecule is NC1C2CCC(C2)C1C(=O)NCC(c1ccccc1)N1CCCC1. The lowest BCUT2D eigenvalue weighted by molar-refractivity contribution is -0.127. The number of carbonyl (C=O) groups is 1. The highest BCUT2D eigenvalue weighted by atomic mass is 16.2. The molecule has 2 aliphatic carbocycles. The van der Waals surface area contributed by atoms with Crippen LogP contribution in [0.4, 0.5) is 0 Å². The molecule has 1 aliphatic heterocycles. The van der Waals surface area contributed by atoms with Crippen LogP contribution in [-0.4, -0.2) is 36.5 Å². The predicted octanol–water partition coefficient (Wildman–Crippen LogP) is 2.31. The van der Waals surface area contributed by atoms with Crippen LogP contribution >= 0.6 is 0 Å².